The molecule has 0 unspecified atom stereocenters. The molecule has 2 N–H and O–H groups in total. The molecule has 0 aromatic heterocycles. The number of imide groups is 1. The van der Waals surface area contributed by atoms with Gasteiger partial charge in [0.05, 0.1) is 6.08 Å². The lowest BCUT2D eigenvalue weighted by atomic mass is 10.5. The molecule has 0 bridgehead atoms. The molecular weight excluding hydrogens is 124 g/mol. The van der Waals surface area contributed by atoms with Gasteiger partial charge >= 0.3 is 5.91 Å². The summed E-state index contributed by atoms with van der Waals surface area (Å²) in [7, 11) is 0. The van der Waals surface area contributed by atoms with Crippen molar-refractivity contribution in [1.82, 2.24) is 5.32 Å². The fourth-order valence-corrected chi connectivity index (χ4v) is 0.446. The Hall–Kier alpha value is -1.36. The molecule has 0 aliphatic carbocycles. The Morgan fingerprint density at radius 2 is 2.22 bits per heavy atom. The van der Waals surface area contributed by atoms with E-state index in [9.17, 15) is 9.59 Å². The van der Waals surface area contributed by atoms with Crippen molar-refractivity contribution in [2.24, 2.45) is 5.90 Å². The van der Waals surface area contributed by atoms with Crippen LogP contribution in [0.1, 0.15) is 0 Å². The Kier molecular flexibility index (Phi) is 1.20. The minimum atomic E-state index is -0.720. The van der Waals surface area contributed by atoms with Crippen LogP contribution >= 0.6 is 0 Å². The predicted molar refractivity (Wildman–Crippen MR) is 25.5 cm³/mol. The Morgan fingerprint density at radius 1 is 1.56 bits per heavy atom. The zero-order chi connectivity index (χ0) is 6.85. The quantitative estimate of drug-likeness (QED) is 0.340. The third kappa shape index (κ3) is 0.895. The van der Waals surface area contributed by atoms with E-state index in [0.29, 0.717) is 0 Å². The highest BCUT2D eigenvalue weighted by molar-refractivity contribution is 6.14. The van der Waals surface area contributed by atoms with Crippen molar-refractivity contribution < 1.29 is 14.4 Å². The van der Waals surface area contributed by atoms with E-state index in [1.165, 1.54) is 0 Å². The van der Waals surface area contributed by atoms with Crippen LogP contribution in [0.3, 0.4) is 0 Å². The van der Waals surface area contributed by atoms with E-state index in [-0.39, 0.29) is 5.76 Å². The summed E-state index contributed by atoms with van der Waals surface area (Å²) in [5, 5.41) is 2.97. The average molecular weight is 127 g/mol. The summed E-state index contributed by atoms with van der Waals surface area (Å²) in [5.41, 5.74) is 0. The molecule has 0 saturated carbocycles. The molecule has 47 valence electrons. The molecular formula is C4H3N2O3. The third-order valence-corrected chi connectivity index (χ3v) is 0.804. The predicted octanol–water partition coefficient (Wildman–Crippen LogP) is -1.57. The summed E-state index contributed by atoms with van der Waals surface area (Å²) in [6, 6.07) is 0. The number of hydrogen-bond acceptors (Lipinski definition) is 4. The molecule has 0 fully saturated rings. The molecule has 5 nitrogen and oxygen atoms in total. The first kappa shape index (κ1) is 5.77. The van der Waals surface area contributed by atoms with Crippen LogP contribution in [0.2, 0.25) is 0 Å². The maximum Gasteiger partial charge on any atom is 0.318 e. The first-order chi connectivity index (χ1) is 4.24. The van der Waals surface area contributed by atoms with Gasteiger partial charge in [0.2, 0.25) is 5.76 Å². The molecule has 9 heavy (non-hydrogen) atoms. The van der Waals surface area contributed by atoms with Gasteiger partial charge < -0.3 is 4.84 Å². The van der Waals surface area contributed by atoms with Gasteiger partial charge in [-0.2, -0.15) is 11.2 Å². The average Bonchev–Trinajstić information content (AvgIpc) is 2.10. The van der Waals surface area contributed by atoms with Crippen molar-refractivity contribution in [2.75, 3.05) is 0 Å². The van der Waals surface area contributed by atoms with E-state index >= 15 is 0 Å². The molecule has 5 heteroatoms. The number of hydrogen-bond donors (Lipinski definition) is 1. The molecule has 0 saturated heterocycles. The van der Waals surface area contributed by atoms with E-state index in [0.717, 1.165) is 6.08 Å². The lowest BCUT2D eigenvalue weighted by Crippen LogP contribution is -2.15. The van der Waals surface area contributed by atoms with Gasteiger partial charge in [0.1, 0.15) is 0 Å². The molecule has 1 rings (SSSR count). The Morgan fingerprint density at radius 3 is 2.44 bits per heavy atom. The van der Waals surface area contributed by atoms with Crippen LogP contribution < -0.4 is 11.2 Å². The molecule has 0 aromatic rings. The van der Waals surface area contributed by atoms with Crippen molar-refractivity contribution in [2.45, 2.75) is 0 Å². The second kappa shape index (κ2) is 1.87. The zero-order valence-electron chi connectivity index (χ0n) is 4.33. The second-order valence-corrected chi connectivity index (χ2v) is 1.38. The largest absolute Gasteiger partial charge is 0.405 e. The zero-order valence-corrected chi connectivity index (χ0v) is 4.33. The van der Waals surface area contributed by atoms with Crippen LogP contribution in [0.5, 0.6) is 0 Å². The second-order valence-electron chi connectivity index (χ2n) is 1.38. The summed E-state index contributed by atoms with van der Waals surface area (Å²) in [4.78, 5) is 24.6. The standard InChI is InChI=1S/C4H3N2O3/c5-9-2-1-3(7)6-4(2)8/h1H,5H2. The molecule has 0 atom stereocenters. The summed E-state index contributed by atoms with van der Waals surface area (Å²) < 4.78 is 0. The lowest BCUT2D eigenvalue weighted by molar-refractivity contribution is -0.125. The van der Waals surface area contributed by atoms with Crippen molar-refractivity contribution in [3.63, 3.8) is 0 Å². The minimum Gasteiger partial charge on any atom is -0.405 e. The summed E-state index contributed by atoms with van der Waals surface area (Å²) in [6.45, 7) is 0. The van der Waals surface area contributed by atoms with Crippen LogP contribution in [0.4, 0.5) is 0 Å². The molecule has 0 aromatic carbocycles. The number of carbonyl (C=O) groups is 2. The Labute approximate surface area is 50.4 Å². The molecule has 1 heterocycles. The van der Waals surface area contributed by atoms with Crippen LogP contribution in [-0.2, 0) is 14.4 Å². The van der Waals surface area contributed by atoms with Crippen LogP contribution in [0.25, 0.3) is 0 Å². The lowest BCUT2D eigenvalue weighted by Gasteiger charge is -1.90. The van der Waals surface area contributed by atoms with E-state index in [4.69, 9.17) is 0 Å². The van der Waals surface area contributed by atoms with Crippen LogP contribution in [-0.4, -0.2) is 11.8 Å². The van der Waals surface area contributed by atoms with Gasteiger partial charge in [-0.25, -0.2) is 0 Å². The molecule has 1 radical (unpaired) electrons. The normalized spacial score (nSPS) is 17.2. The molecule has 0 spiro atoms. The third-order valence-electron chi connectivity index (χ3n) is 0.804. The fraction of sp³-hybridized carbons (Fsp3) is 0. The van der Waals surface area contributed by atoms with Gasteiger partial charge in [-0.3, -0.25) is 9.59 Å². The summed E-state index contributed by atoms with van der Waals surface area (Å²) in [5.74, 6) is 3.03. The fourth-order valence-electron chi connectivity index (χ4n) is 0.446. The maximum atomic E-state index is 10.4. The van der Waals surface area contributed by atoms with Gasteiger partial charge in [0.15, 0.2) is 0 Å². The van der Waals surface area contributed by atoms with E-state index in [1.54, 1.807) is 0 Å². The summed E-state index contributed by atoms with van der Waals surface area (Å²) in [6.07, 6.45) is 0.933. The minimum absolute atomic E-state index is 0.208. The molecule has 1 aliphatic rings. The summed E-state index contributed by atoms with van der Waals surface area (Å²) >= 11 is 0. The van der Waals surface area contributed by atoms with Gasteiger partial charge in [0, 0.05) is 0 Å². The highest BCUT2D eigenvalue weighted by atomic mass is 16.6. The van der Waals surface area contributed by atoms with E-state index in [1.807, 2.05) is 0 Å². The van der Waals surface area contributed by atoms with Gasteiger partial charge in [-0.1, -0.05) is 0 Å². The highest BCUT2D eigenvalue weighted by Crippen LogP contribution is 2.01. The maximum absolute atomic E-state index is 10.4. The van der Waals surface area contributed by atoms with Crippen molar-refractivity contribution in [3.8, 4) is 0 Å². The van der Waals surface area contributed by atoms with Crippen molar-refractivity contribution in [1.29, 1.82) is 0 Å². The van der Waals surface area contributed by atoms with Crippen molar-refractivity contribution >= 4 is 11.8 Å². The van der Waals surface area contributed by atoms with Crippen molar-refractivity contribution in [3.05, 3.63) is 11.8 Å². The number of nitrogens with two attached hydrogens (primary N) is 1. The van der Waals surface area contributed by atoms with Gasteiger partial charge in [-0.05, 0) is 0 Å². The smallest absolute Gasteiger partial charge is 0.318 e. The number of rotatable bonds is 1. The Bertz CT molecular complexity index is 196. The molecule has 2 amide bonds. The van der Waals surface area contributed by atoms with Crippen LogP contribution in [0.15, 0.2) is 11.8 Å². The highest BCUT2D eigenvalue weighted by Gasteiger charge is 2.24. The number of carbonyl (C=O) groups excluding carboxylic acids is 2. The first-order valence-corrected chi connectivity index (χ1v) is 2.12. The topological polar surface area (TPSA) is 83.5 Å². The first-order valence-electron chi connectivity index (χ1n) is 2.12. The number of nitrogens with zero attached hydrogens (tertiary/aromatic N) is 1. The monoisotopic (exact) mass is 127 g/mol. The molecule has 1 aliphatic heterocycles. The SMILES string of the molecule is NOC1=CC(=O)[N]C1=O. The Balaban J connectivity index is 2.80. The van der Waals surface area contributed by atoms with Gasteiger partial charge in [-0.15, -0.1) is 0 Å². The van der Waals surface area contributed by atoms with Gasteiger partial charge in [0.25, 0.3) is 5.91 Å². The van der Waals surface area contributed by atoms with Crippen LogP contribution in [0, 0.1) is 0 Å². The van der Waals surface area contributed by atoms with E-state index in [2.05, 4.69) is 16.1 Å². The van der Waals surface area contributed by atoms with E-state index < -0.39 is 11.8 Å². The number of amides is 2.